The van der Waals surface area contributed by atoms with E-state index in [1.807, 2.05) is 0 Å². The SMILES string of the molecule is O=C(O)CC1(NC2CCCNC2=O)CNC1. The Morgan fingerprint density at radius 1 is 1.56 bits per heavy atom. The predicted octanol–water partition coefficient (Wildman–Crippen LogP) is -1.33. The standard InChI is InChI=1S/C10H17N3O3/c14-8(15)4-10(5-11-6-10)13-7-2-1-3-12-9(7)16/h7,11,13H,1-6H2,(H,12,16)(H,14,15). The predicted molar refractivity (Wildman–Crippen MR) is 57.0 cm³/mol. The molecule has 2 rings (SSSR count). The highest BCUT2D eigenvalue weighted by atomic mass is 16.4. The minimum Gasteiger partial charge on any atom is -0.481 e. The number of rotatable bonds is 4. The van der Waals surface area contributed by atoms with Crippen molar-refractivity contribution in [2.75, 3.05) is 19.6 Å². The van der Waals surface area contributed by atoms with E-state index in [0.29, 0.717) is 13.1 Å². The van der Waals surface area contributed by atoms with E-state index in [-0.39, 0.29) is 18.4 Å². The summed E-state index contributed by atoms with van der Waals surface area (Å²) in [7, 11) is 0. The van der Waals surface area contributed by atoms with Crippen LogP contribution in [0.15, 0.2) is 0 Å². The molecule has 0 aromatic carbocycles. The summed E-state index contributed by atoms with van der Waals surface area (Å²) in [5.74, 6) is -0.840. The maximum Gasteiger partial charge on any atom is 0.305 e. The van der Waals surface area contributed by atoms with Gasteiger partial charge in [0.2, 0.25) is 5.91 Å². The molecule has 6 nitrogen and oxygen atoms in total. The Kier molecular flexibility index (Phi) is 3.11. The number of nitrogens with one attached hydrogen (secondary N) is 3. The van der Waals surface area contributed by atoms with Gasteiger partial charge in [-0.05, 0) is 12.8 Å². The first-order chi connectivity index (χ1) is 7.61. The quantitative estimate of drug-likeness (QED) is 0.478. The van der Waals surface area contributed by atoms with Crippen molar-refractivity contribution in [1.82, 2.24) is 16.0 Å². The molecule has 90 valence electrons. The second-order valence-electron chi connectivity index (χ2n) is 4.58. The molecule has 0 bridgehead atoms. The normalized spacial score (nSPS) is 28.0. The lowest BCUT2D eigenvalue weighted by Crippen LogP contribution is -2.72. The van der Waals surface area contributed by atoms with E-state index in [0.717, 1.165) is 19.4 Å². The Hall–Kier alpha value is -1.14. The number of piperidine rings is 1. The number of hydrogen-bond acceptors (Lipinski definition) is 4. The minimum atomic E-state index is -0.829. The fraction of sp³-hybridized carbons (Fsp3) is 0.800. The molecule has 16 heavy (non-hydrogen) atoms. The van der Waals surface area contributed by atoms with Crippen molar-refractivity contribution in [3.8, 4) is 0 Å². The molecule has 4 N–H and O–H groups in total. The molecule has 1 atom stereocenters. The highest BCUT2D eigenvalue weighted by molar-refractivity contribution is 5.82. The topological polar surface area (TPSA) is 90.5 Å². The molecule has 0 saturated carbocycles. The third-order valence-electron chi connectivity index (χ3n) is 3.18. The van der Waals surface area contributed by atoms with Gasteiger partial charge < -0.3 is 15.7 Å². The zero-order valence-corrected chi connectivity index (χ0v) is 9.08. The van der Waals surface area contributed by atoms with E-state index < -0.39 is 11.5 Å². The highest BCUT2D eigenvalue weighted by Gasteiger charge is 2.42. The van der Waals surface area contributed by atoms with E-state index in [2.05, 4.69) is 16.0 Å². The van der Waals surface area contributed by atoms with Gasteiger partial charge in [0, 0.05) is 19.6 Å². The van der Waals surface area contributed by atoms with Crippen LogP contribution in [0.3, 0.4) is 0 Å². The highest BCUT2D eigenvalue weighted by Crippen LogP contribution is 2.19. The fourth-order valence-electron chi connectivity index (χ4n) is 2.27. The van der Waals surface area contributed by atoms with Gasteiger partial charge in [-0.3, -0.25) is 14.9 Å². The van der Waals surface area contributed by atoms with E-state index in [9.17, 15) is 9.59 Å². The Bertz CT molecular complexity index is 302. The van der Waals surface area contributed by atoms with Crippen LogP contribution in [-0.4, -0.2) is 48.2 Å². The maximum atomic E-state index is 11.6. The number of amides is 1. The van der Waals surface area contributed by atoms with Gasteiger partial charge in [-0.25, -0.2) is 0 Å². The zero-order valence-electron chi connectivity index (χ0n) is 9.08. The Morgan fingerprint density at radius 2 is 2.31 bits per heavy atom. The lowest BCUT2D eigenvalue weighted by molar-refractivity contribution is -0.140. The molecule has 6 heteroatoms. The summed E-state index contributed by atoms with van der Waals surface area (Å²) in [6.07, 6.45) is 1.79. The van der Waals surface area contributed by atoms with Crippen LogP contribution >= 0.6 is 0 Å². The average molecular weight is 227 g/mol. The molecule has 0 radical (unpaired) electrons. The first-order valence-electron chi connectivity index (χ1n) is 5.59. The first-order valence-corrected chi connectivity index (χ1v) is 5.59. The maximum absolute atomic E-state index is 11.6. The zero-order chi connectivity index (χ0) is 11.6. The molecule has 0 aliphatic carbocycles. The van der Waals surface area contributed by atoms with Gasteiger partial charge in [0.15, 0.2) is 0 Å². The van der Waals surface area contributed by atoms with Crippen LogP contribution in [0.5, 0.6) is 0 Å². The molecule has 2 saturated heterocycles. The summed E-state index contributed by atoms with van der Waals surface area (Å²) in [5.41, 5.74) is -0.439. The molecular weight excluding hydrogens is 210 g/mol. The van der Waals surface area contributed by atoms with Crippen LogP contribution in [0.2, 0.25) is 0 Å². The van der Waals surface area contributed by atoms with Crippen molar-refractivity contribution in [3.05, 3.63) is 0 Å². The molecule has 0 spiro atoms. The summed E-state index contributed by atoms with van der Waals surface area (Å²) in [6.45, 7) is 1.95. The summed E-state index contributed by atoms with van der Waals surface area (Å²) < 4.78 is 0. The van der Waals surface area contributed by atoms with E-state index in [4.69, 9.17) is 5.11 Å². The monoisotopic (exact) mass is 227 g/mol. The number of aliphatic carboxylic acids is 1. The Morgan fingerprint density at radius 3 is 2.81 bits per heavy atom. The van der Waals surface area contributed by atoms with Crippen molar-refractivity contribution in [3.63, 3.8) is 0 Å². The van der Waals surface area contributed by atoms with Crippen LogP contribution in [0.25, 0.3) is 0 Å². The third kappa shape index (κ3) is 2.33. The molecule has 2 aliphatic rings. The lowest BCUT2D eigenvalue weighted by Gasteiger charge is -2.45. The summed E-state index contributed by atoms with van der Waals surface area (Å²) in [5, 5.41) is 17.9. The molecule has 2 aliphatic heterocycles. The van der Waals surface area contributed by atoms with Gasteiger partial charge in [-0.1, -0.05) is 0 Å². The van der Waals surface area contributed by atoms with E-state index in [1.165, 1.54) is 0 Å². The van der Waals surface area contributed by atoms with Crippen LogP contribution in [0, 0.1) is 0 Å². The van der Waals surface area contributed by atoms with Crippen molar-refractivity contribution < 1.29 is 14.7 Å². The Labute approximate surface area is 93.8 Å². The number of carbonyl (C=O) groups is 2. The minimum absolute atomic E-state index is 0.0112. The van der Waals surface area contributed by atoms with Gasteiger partial charge in [-0.15, -0.1) is 0 Å². The van der Waals surface area contributed by atoms with Gasteiger partial charge in [0.05, 0.1) is 18.0 Å². The van der Waals surface area contributed by atoms with Crippen molar-refractivity contribution in [1.29, 1.82) is 0 Å². The first kappa shape index (κ1) is 11.3. The molecule has 0 aromatic rings. The van der Waals surface area contributed by atoms with E-state index >= 15 is 0 Å². The van der Waals surface area contributed by atoms with Gasteiger partial charge in [0.1, 0.15) is 0 Å². The average Bonchev–Trinajstić information content (AvgIpc) is 2.17. The molecule has 1 amide bonds. The van der Waals surface area contributed by atoms with Crippen LogP contribution in [0.4, 0.5) is 0 Å². The summed E-state index contributed by atoms with van der Waals surface area (Å²) in [6, 6.07) is -0.241. The molecule has 2 heterocycles. The van der Waals surface area contributed by atoms with Crippen molar-refractivity contribution in [2.24, 2.45) is 0 Å². The van der Waals surface area contributed by atoms with Crippen molar-refractivity contribution >= 4 is 11.9 Å². The van der Waals surface area contributed by atoms with Gasteiger partial charge >= 0.3 is 5.97 Å². The largest absolute Gasteiger partial charge is 0.481 e. The number of hydrogen-bond donors (Lipinski definition) is 4. The second kappa shape index (κ2) is 4.39. The van der Waals surface area contributed by atoms with Crippen LogP contribution in [0.1, 0.15) is 19.3 Å². The number of carboxylic acid groups (broad SMARTS) is 1. The molecule has 2 fully saturated rings. The van der Waals surface area contributed by atoms with E-state index in [1.54, 1.807) is 0 Å². The lowest BCUT2D eigenvalue weighted by atomic mass is 9.86. The Balaban J connectivity index is 1.95. The van der Waals surface area contributed by atoms with Gasteiger partial charge in [0.25, 0.3) is 0 Å². The van der Waals surface area contributed by atoms with Gasteiger partial charge in [-0.2, -0.15) is 0 Å². The summed E-state index contributed by atoms with van der Waals surface area (Å²) in [4.78, 5) is 22.3. The fourth-order valence-corrected chi connectivity index (χ4v) is 2.27. The molecule has 1 unspecified atom stereocenters. The summed E-state index contributed by atoms with van der Waals surface area (Å²) >= 11 is 0. The smallest absolute Gasteiger partial charge is 0.305 e. The third-order valence-corrected chi connectivity index (χ3v) is 3.18. The van der Waals surface area contributed by atoms with Crippen LogP contribution in [-0.2, 0) is 9.59 Å². The second-order valence-corrected chi connectivity index (χ2v) is 4.58. The number of carbonyl (C=O) groups excluding carboxylic acids is 1. The molecular formula is C10H17N3O3. The number of carboxylic acids is 1. The van der Waals surface area contributed by atoms with Crippen LogP contribution < -0.4 is 16.0 Å². The van der Waals surface area contributed by atoms with Crippen molar-refractivity contribution in [2.45, 2.75) is 30.8 Å². The molecule has 0 aromatic heterocycles.